The Balaban J connectivity index is 2.02. The van der Waals surface area contributed by atoms with Crippen LogP contribution in [0.4, 0.5) is 0 Å². The van der Waals surface area contributed by atoms with E-state index in [-0.39, 0.29) is 11.8 Å². The number of benzene rings is 1. The van der Waals surface area contributed by atoms with E-state index in [0.29, 0.717) is 17.4 Å². The molecule has 23 heavy (non-hydrogen) atoms. The van der Waals surface area contributed by atoms with Crippen LogP contribution >= 0.6 is 11.6 Å². The number of nitrogens with one attached hydrogen (secondary N) is 1. The van der Waals surface area contributed by atoms with E-state index in [4.69, 9.17) is 11.6 Å². The molecule has 0 radical (unpaired) electrons. The van der Waals surface area contributed by atoms with E-state index in [1.54, 1.807) is 16.8 Å². The van der Waals surface area contributed by atoms with Crippen molar-refractivity contribution < 1.29 is 4.79 Å². The quantitative estimate of drug-likeness (QED) is 0.804. The molecule has 2 rings (SSSR count). The van der Waals surface area contributed by atoms with E-state index >= 15 is 0 Å². The normalized spacial score (nSPS) is 11.0. The van der Waals surface area contributed by atoms with Crippen molar-refractivity contribution >= 4 is 17.5 Å². The predicted octanol–water partition coefficient (Wildman–Crippen LogP) is 3.15. The zero-order valence-corrected chi connectivity index (χ0v) is 14.3. The van der Waals surface area contributed by atoms with Gasteiger partial charge in [-0.2, -0.15) is 4.68 Å². The van der Waals surface area contributed by atoms with E-state index in [2.05, 4.69) is 34.7 Å². The molecule has 0 atom stereocenters. The summed E-state index contributed by atoms with van der Waals surface area (Å²) in [6.45, 7) is 4.49. The Morgan fingerprint density at radius 2 is 1.87 bits per heavy atom. The minimum Gasteiger partial charge on any atom is -0.348 e. The Morgan fingerprint density at radius 1 is 1.22 bits per heavy atom. The highest BCUT2D eigenvalue weighted by atomic mass is 35.5. The lowest BCUT2D eigenvalue weighted by molar-refractivity contribution is -0.125. The van der Waals surface area contributed by atoms with Crippen LogP contribution in [0.15, 0.2) is 24.3 Å². The molecule has 2 aromatic rings. The van der Waals surface area contributed by atoms with Gasteiger partial charge in [0, 0.05) is 10.9 Å². The number of carbonyl (C=O) groups excluding carboxylic acids is 1. The van der Waals surface area contributed by atoms with Crippen molar-refractivity contribution in [2.45, 2.75) is 46.1 Å². The van der Waals surface area contributed by atoms with Gasteiger partial charge in [0.2, 0.25) is 5.91 Å². The molecule has 6 nitrogen and oxygen atoms in total. The summed E-state index contributed by atoms with van der Waals surface area (Å²) in [5, 5.41) is 15.3. The number of hydrogen-bond acceptors (Lipinski definition) is 4. The van der Waals surface area contributed by atoms with Gasteiger partial charge in [0.1, 0.15) is 0 Å². The Hall–Kier alpha value is -1.95. The van der Waals surface area contributed by atoms with Crippen molar-refractivity contribution in [1.29, 1.82) is 0 Å². The topological polar surface area (TPSA) is 72.7 Å². The number of tetrazole rings is 1. The lowest BCUT2D eigenvalue weighted by Crippen LogP contribution is -2.31. The van der Waals surface area contributed by atoms with Gasteiger partial charge in [0.25, 0.3) is 0 Å². The summed E-state index contributed by atoms with van der Waals surface area (Å²) in [5.74, 6) is 0.719. The molecular formula is C16H22ClN5O. The predicted molar refractivity (Wildman–Crippen MR) is 89.3 cm³/mol. The largest absolute Gasteiger partial charge is 0.348 e. The zero-order chi connectivity index (χ0) is 16.7. The monoisotopic (exact) mass is 335 g/mol. The van der Waals surface area contributed by atoms with Gasteiger partial charge in [-0.25, -0.2) is 0 Å². The average molecular weight is 336 g/mol. The number of rotatable bonds is 8. The van der Waals surface area contributed by atoms with Crippen LogP contribution in [0.3, 0.4) is 0 Å². The fourth-order valence-corrected chi connectivity index (χ4v) is 2.64. The van der Waals surface area contributed by atoms with Crippen LogP contribution in [0.2, 0.25) is 5.02 Å². The molecule has 0 aliphatic carbocycles. The summed E-state index contributed by atoms with van der Waals surface area (Å²) < 4.78 is 1.60. The number of aromatic nitrogens is 4. The van der Waals surface area contributed by atoms with Gasteiger partial charge in [0.15, 0.2) is 5.82 Å². The van der Waals surface area contributed by atoms with Gasteiger partial charge in [-0.05, 0) is 47.5 Å². The molecule has 0 spiro atoms. The van der Waals surface area contributed by atoms with Gasteiger partial charge in [-0.15, -0.1) is 5.10 Å². The SMILES string of the molecule is CCCC(CCC)C(=O)NCc1nnnn1-c1ccc(Cl)cc1. The van der Waals surface area contributed by atoms with Crippen molar-refractivity contribution in [2.24, 2.45) is 5.92 Å². The molecule has 1 amide bonds. The third-order valence-electron chi connectivity index (χ3n) is 3.67. The van der Waals surface area contributed by atoms with E-state index in [1.807, 2.05) is 12.1 Å². The van der Waals surface area contributed by atoms with Crippen LogP contribution in [0.25, 0.3) is 5.69 Å². The second-order valence-corrected chi connectivity index (χ2v) is 5.91. The van der Waals surface area contributed by atoms with E-state index in [1.165, 1.54) is 0 Å². The summed E-state index contributed by atoms with van der Waals surface area (Å²) in [6, 6.07) is 7.22. The van der Waals surface area contributed by atoms with Gasteiger partial charge in [-0.1, -0.05) is 38.3 Å². The Labute approximate surface area is 141 Å². The first-order valence-electron chi connectivity index (χ1n) is 7.96. The number of carbonyl (C=O) groups is 1. The Kier molecular flexibility index (Phi) is 6.52. The lowest BCUT2D eigenvalue weighted by Gasteiger charge is -2.15. The molecule has 1 aromatic heterocycles. The maximum Gasteiger partial charge on any atom is 0.223 e. The molecule has 7 heteroatoms. The van der Waals surface area contributed by atoms with Crippen LogP contribution in [0.5, 0.6) is 0 Å². The van der Waals surface area contributed by atoms with Crippen molar-refractivity contribution in [3.63, 3.8) is 0 Å². The van der Waals surface area contributed by atoms with Gasteiger partial charge in [0.05, 0.1) is 12.2 Å². The van der Waals surface area contributed by atoms with Crippen LogP contribution in [0.1, 0.15) is 45.4 Å². The second kappa shape index (κ2) is 8.62. The number of hydrogen-bond donors (Lipinski definition) is 1. The van der Waals surface area contributed by atoms with E-state index in [9.17, 15) is 4.79 Å². The molecular weight excluding hydrogens is 314 g/mol. The molecule has 1 N–H and O–H groups in total. The maximum absolute atomic E-state index is 12.3. The summed E-state index contributed by atoms with van der Waals surface area (Å²) in [4.78, 5) is 12.3. The highest BCUT2D eigenvalue weighted by Crippen LogP contribution is 2.15. The van der Waals surface area contributed by atoms with Gasteiger partial charge >= 0.3 is 0 Å². The van der Waals surface area contributed by atoms with Crippen LogP contribution < -0.4 is 5.32 Å². The number of amides is 1. The number of nitrogens with zero attached hydrogens (tertiary/aromatic N) is 4. The Bertz CT molecular complexity index is 620. The second-order valence-electron chi connectivity index (χ2n) is 5.48. The fourth-order valence-electron chi connectivity index (χ4n) is 2.51. The summed E-state index contributed by atoms with van der Waals surface area (Å²) in [7, 11) is 0. The molecule has 1 heterocycles. The summed E-state index contributed by atoms with van der Waals surface area (Å²) in [5.41, 5.74) is 0.808. The minimum atomic E-state index is 0.0601. The van der Waals surface area contributed by atoms with Crippen molar-refractivity contribution in [3.8, 4) is 5.69 Å². The van der Waals surface area contributed by atoms with Gasteiger partial charge in [-0.3, -0.25) is 4.79 Å². The molecule has 0 saturated carbocycles. The van der Waals surface area contributed by atoms with Crippen molar-refractivity contribution in [3.05, 3.63) is 35.1 Å². The molecule has 0 aliphatic rings. The van der Waals surface area contributed by atoms with Crippen LogP contribution in [-0.2, 0) is 11.3 Å². The molecule has 0 fully saturated rings. The molecule has 0 saturated heterocycles. The molecule has 0 bridgehead atoms. The molecule has 0 unspecified atom stereocenters. The van der Waals surface area contributed by atoms with Gasteiger partial charge < -0.3 is 5.32 Å². The van der Waals surface area contributed by atoms with Crippen LogP contribution in [0, 0.1) is 5.92 Å². The third kappa shape index (κ3) is 4.76. The fraction of sp³-hybridized carbons (Fsp3) is 0.500. The standard InChI is InChI=1S/C16H22ClN5O/c1-3-5-12(6-4-2)16(23)18-11-15-19-20-21-22(15)14-9-7-13(17)8-10-14/h7-10,12H,3-6,11H2,1-2H3,(H,18,23). The smallest absolute Gasteiger partial charge is 0.223 e. The highest BCUT2D eigenvalue weighted by Gasteiger charge is 2.17. The lowest BCUT2D eigenvalue weighted by atomic mass is 9.97. The Morgan fingerprint density at radius 3 is 2.48 bits per heavy atom. The number of halogens is 1. The van der Waals surface area contributed by atoms with Crippen molar-refractivity contribution in [1.82, 2.24) is 25.5 Å². The zero-order valence-electron chi connectivity index (χ0n) is 13.5. The van der Waals surface area contributed by atoms with Crippen molar-refractivity contribution in [2.75, 3.05) is 0 Å². The van der Waals surface area contributed by atoms with Crippen LogP contribution in [-0.4, -0.2) is 26.1 Å². The molecule has 0 aliphatic heterocycles. The van der Waals surface area contributed by atoms with E-state index in [0.717, 1.165) is 31.4 Å². The highest BCUT2D eigenvalue weighted by molar-refractivity contribution is 6.30. The molecule has 1 aromatic carbocycles. The molecule has 124 valence electrons. The third-order valence-corrected chi connectivity index (χ3v) is 3.92. The summed E-state index contributed by atoms with van der Waals surface area (Å²) in [6.07, 6.45) is 3.81. The van der Waals surface area contributed by atoms with E-state index < -0.39 is 0 Å². The minimum absolute atomic E-state index is 0.0601. The maximum atomic E-state index is 12.3. The first kappa shape index (κ1) is 17.4. The average Bonchev–Trinajstić information content (AvgIpc) is 3.01. The first-order valence-corrected chi connectivity index (χ1v) is 8.34. The summed E-state index contributed by atoms with van der Waals surface area (Å²) >= 11 is 5.89. The first-order chi connectivity index (χ1) is 11.2.